The lowest BCUT2D eigenvalue weighted by molar-refractivity contribution is 0.0737. The first-order valence-electron chi connectivity index (χ1n) is 6.02. The van der Waals surface area contributed by atoms with Gasteiger partial charge in [0, 0.05) is 12.1 Å². The van der Waals surface area contributed by atoms with E-state index in [9.17, 15) is 0 Å². The van der Waals surface area contributed by atoms with Crippen molar-refractivity contribution in [2.75, 3.05) is 38.8 Å². The van der Waals surface area contributed by atoms with Crippen LogP contribution < -0.4 is 15.8 Å². The Hall–Kier alpha value is -1.63. The Bertz CT molecular complexity index is 418. The second kappa shape index (κ2) is 4.93. The van der Waals surface area contributed by atoms with Crippen molar-refractivity contribution in [3.8, 4) is 6.01 Å². The van der Waals surface area contributed by atoms with E-state index in [-0.39, 0.29) is 17.5 Å². The van der Waals surface area contributed by atoms with Crippen LogP contribution in [0.5, 0.6) is 6.01 Å². The fraction of sp³-hybridized carbons (Fsp3) is 0.727. The Morgan fingerprint density at radius 1 is 1.33 bits per heavy atom. The van der Waals surface area contributed by atoms with Gasteiger partial charge in [0.15, 0.2) is 0 Å². The summed E-state index contributed by atoms with van der Waals surface area (Å²) in [7, 11) is 5.71. The van der Waals surface area contributed by atoms with Crippen molar-refractivity contribution in [2.45, 2.75) is 24.8 Å². The molecule has 1 saturated carbocycles. The molecule has 7 heteroatoms. The standard InChI is InChI=1S/C11H20N6O/c1-17(2)11(5-4-6-11)7-13-9-14-8(12)15-10(16-9)18-3/h4-7H2,1-3H3,(H3,12,13,14,15,16). The quantitative estimate of drug-likeness (QED) is 0.782. The number of hydrogen-bond donors (Lipinski definition) is 2. The molecule has 2 rings (SSSR count). The number of likely N-dealkylation sites (N-methyl/N-ethyl adjacent to an activating group) is 1. The van der Waals surface area contributed by atoms with Crippen molar-refractivity contribution in [1.29, 1.82) is 0 Å². The highest BCUT2D eigenvalue weighted by atomic mass is 16.5. The number of aromatic nitrogens is 3. The van der Waals surface area contributed by atoms with E-state index in [1.807, 2.05) is 0 Å². The molecule has 0 atom stereocenters. The number of methoxy groups -OCH3 is 1. The van der Waals surface area contributed by atoms with Gasteiger partial charge in [0.2, 0.25) is 11.9 Å². The molecule has 0 aromatic carbocycles. The van der Waals surface area contributed by atoms with E-state index in [2.05, 4.69) is 39.3 Å². The molecule has 100 valence electrons. The number of nitrogens with zero attached hydrogens (tertiary/aromatic N) is 4. The first-order chi connectivity index (χ1) is 8.55. The Balaban J connectivity index is 2.03. The second-order valence-corrected chi connectivity index (χ2v) is 4.83. The smallest absolute Gasteiger partial charge is 0.322 e. The highest BCUT2D eigenvalue weighted by Crippen LogP contribution is 2.36. The Kier molecular flexibility index (Phi) is 3.51. The van der Waals surface area contributed by atoms with Crippen LogP contribution in [0.15, 0.2) is 0 Å². The van der Waals surface area contributed by atoms with Gasteiger partial charge in [-0.15, -0.1) is 0 Å². The summed E-state index contributed by atoms with van der Waals surface area (Å²) in [4.78, 5) is 14.3. The van der Waals surface area contributed by atoms with Gasteiger partial charge in [0.25, 0.3) is 0 Å². The maximum atomic E-state index is 5.59. The van der Waals surface area contributed by atoms with Crippen LogP contribution in [0.2, 0.25) is 0 Å². The van der Waals surface area contributed by atoms with E-state index in [4.69, 9.17) is 10.5 Å². The van der Waals surface area contributed by atoms with E-state index < -0.39 is 0 Å². The molecule has 1 heterocycles. The van der Waals surface area contributed by atoms with E-state index in [1.165, 1.54) is 26.4 Å². The van der Waals surface area contributed by atoms with Crippen molar-refractivity contribution in [3.05, 3.63) is 0 Å². The topological polar surface area (TPSA) is 89.2 Å². The molecule has 1 aliphatic rings. The summed E-state index contributed by atoms with van der Waals surface area (Å²) in [5.74, 6) is 0.629. The summed E-state index contributed by atoms with van der Waals surface area (Å²) in [6.07, 6.45) is 3.64. The van der Waals surface area contributed by atoms with E-state index in [0.29, 0.717) is 5.95 Å². The highest BCUT2D eigenvalue weighted by Gasteiger charge is 2.38. The van der Waals surface area contributed by atoms with Crippen molar-refractivity contribution in [2.24, 2.45) is 0 Å². The average Bonchev–Trinajstić information content (AvgIpc) is 2.26. The second-order valence-electron chi connectivity index (χ2n) is 4.83. The molecule has 0 saturated heterocycles. The molecule has 0 unspecified atom stereocenters. The Labute approximate surface area is 107 Å². The molecule has 1 aromatic heterocycles. The summed E-state index contributed by atoms with van der Waals surface area (Å²) in [6.45, 7) is 0.798. The number of nitrogens with two attached hydrogens (primary N) is 1. The molecule has 0 aliphatic heterocycles. The van der Waals surface area contributed by atoms with Crippen molar-refractivity contribution in [1.82, 2.24) is 19.9 Å². The molecule has 0 amide bonds. The van der Waals surface area contributed by atoms with Gasteiger partial charge in [-0.05, 0) is 33.4 Å². The fourth-order valence-electron chi connectivity index (χ4n) is 2.15. The normalized spacial score (nSPS) is 17.3. The van der Waals surface area contributed by atoms with Crippen LogP contribution in [-0.4, -0.2) is 53.1 Å². The summed E-state index contributed by atoms with van der Waals surface area (Å²) < 4.78 is 4.96. The molecular weight excluding hydrogens is 232 g/mol. The average molecular weight is 252 g/mol. The number of rotatable bonds is 5. The van der Waals surface area contributed by atoms with Crippen molar-refractivity contribution in [3.63, 3.8) is 0 Å². The van der Waals surface area contributed by atoms with Crippen LogP contribution in [0.4, 0.5) is 11.9 Å². The Morgan fingerprint density at radius 2 is 2.06 bits per heavy atom. The predicted octanol–water partition coefficient (Wildman–Crippen LogP) is 0.359. The minimum Gasteiger partial charge on any atom is -0.467 e. The summed E-state index contributed by atoms with van der Waals surface area (Å²) in [6, 6.07) is 0.234. The van der Waals surface area contributed by atoms with Gasteiger partial charge in [0.05, 0.1) is 7.11 Å². The lowest BCUT2D eigenvalue weighted by Gasteiger charge is -2.47. The zero-order valence-electron chi connectivity index (χ0n) is 11.1. The molecule has 0 bridgehead atoms. The van der Waals surface area contributed by atoms with Crippen LogP contribution in [0, 0.1) is 0 Å². The minimum absolute atomic E-state index is 0.164. The first kappa shape index (κ1) is 12.8. The number of ether oxygens (including phenoxy) is 1. The highest BCUT2D eigenvalue weighted by molar-refractivity contribution is 5.33. The Morgan fingerprint density at radius 3 is 2.56 bits per heavy atom. The number of anilines is 2. The maximum absolute atomic E-state index is 5.59. The van der Waals surface area contributed by atoms with Crippen LogP contribution in [0.3, 0.4) is 0 Å². The lowest BCUT2D eigenvalue weighted by atomic mass is 9.75. The molecule has 1 aliphatic carbocycles. The minimum atomic E-state index is 0.164. The van der Waals surface area contributed by atoms with Crippen molar-refractivity contribution >= 4 is 11.9 Å². The van der Waals surface area contributed by atoms with Gasteiger partial charge in [-0.2, -0.15) is 15.0 Å². The molecule has 1 aromatic rings. The van der Waals surface area contributed by atoms with Crippen LogP contribution in [0.25, 0.3) is 0 Å². The van der Waals surface area contributed by atoms with Crippen LogP contribution in [-0.2, 0) is 0 Å². The van der Waals surface area contributed by atoms with E-state index in [1.54, 1.807) is 0 Å². The number of nitrogens with one attached hydrogen (secondary N) is 1. The largest absolute Gasteiger partial charge is 0.467 e. The number of hydrogen-bond acceptors (Lipinski definition) is 7. The van der Waals surface area contributed by atoms with E-state index >= 15 is 0 Å². The summed E-state index contributed by atoms with van der Waals surface area (Å²) >= 11 is 0. The third-order valence-corrected chi connectivity index (χ3v) is 3.62. The molecular formula is C11H20N6O. The van der Waals surface area contributed by atoms with Gasteiger partial charge in [-0.3, -0.25) is 0 Å². The molecule has 18 heavy (non-hydrogen) atoms. The van der Waals surface area contributed by atoms with Crippen LogP contribution in [0.1, 0.15) is 19.3 Å². The summed E-state index contributed by atoms with van der Waals surface area (Å²) in [5, 5.41) is 3.22. The van der Waals surface area contributed by atoms with Gasteiger partial charge >= 0.3 is 6.01 Å². The maximum Gasteiger partial charge on any atom is 0.322 e. The number of nitrogen functional groups attached to an aromatic ring is 1. The summed E-state index contributed by atoms with van der Waals surface area (Å²) in [5.41, 5.74) is 5.79. The van der Waals surface area contributed by atoms with Crippen molar-refractivity contribution < 1.29 is 4.74 Å². The molecule has 0 spiro atoms. The third-order valence-electron chi connectivity index (χ3n) is 3.62. The molecule has 3 N–H and O–H groups in total. The lowest BCUT2D eigenvalue weighted by Crippen LogP contribution is -2.54. The fourth-order valence-corrected chi connectivity index (χ4v) is 2.15. The third kappa shape index (κ3) is 2.45. The van der Waals surface area contributed by atoms with Gasteiger partial charge in [-0.1, -0.05) is 0 Å². The molecule has 1 fully saturated rings. The van der Waals surface area contributed by atoms with Gasteiger partial charge in [-0.25, -0.2) is 0 Å². The van der Waals surface area contributed by atoms with Gasteiger partial charge < -0.3 is 20.7 Å². The van der Waals surface area contributed by atoms with Crippen LogP contribution >= 0.6 is 0 Å². The zero-order chi connectivity index (χ0) is 13.2. The predicted molar refractivity (Wildman–Crippen MR) is 69.6 cm³/mol. The SMILES string of the molecule is COc1nc(N)nc(NCC2(N(C)C)CCC2)n1. The molecule has 7 nitrogen and oxygen atoms in total. The first-order valence-corrected chi connectivity index (χ1v) is 6.02. The monoisotopic (exact) mass is 252 g/mol. The van der Waals surface area contributed by atoms with Gasteiger partial charge in [0.1, 0.15) is 0 Å². The molecule has 0 radical (unpaired) electrons. The zero-order valence-corrected chi connectivity index (χ0v) is 11.1. The van der Waals surface area contributed by atoms with E-state index in [0.717, 1.165) is 6.54 Å².